The van der Waals surface area contributed by atoms with Crippen LogP contribution in [-0.4, -0.2) is 83.0 Å². The van der Waals surface area contributed by atoms with Crippen LogP contribution in [0.1, 0.15) is 42.6 Å². The summed E-state index contributed by atoms with van der Waals surface area (Å²) in [5.41, 5.74) is 1.65. The number of aliphatic imine (C=N–C) groups is 1. The molecule has 2 atom stereocenters. The van der Waals surface area contributed by atoms with Crippen molar-refractivity contribution >= 4 is 41.3 Å². The zero-order valence-electron chi connectivity index (χ0n) is 24.7. The van der Waals surface area contributed by atoms with Crippen LogP contribution in [-0.2, 0) is 9.53 Å². The van der Waals surface area contributed by atoms with Crippen LogP contribution in [0.3, 0.4) is 0 Å². The molecule has 3 aromatic rings. The number of rotatable bonds is 11. The minimum Gasteiger partial charge on any atom is -0.447 e. The van der Waals surface area contributed by atoms with E-state index in [1.54, 1.807) is 71.8 Å². The smallest absolute Gasteiger partial charge is 0.411 e. The summed E-state index contributed by atoms with van der Waals surface area (Å²) in [5, 5.41) is 5.85. The van der Waals surface area contributed by atoms with Gasteiger partial charge in [-0.05, 0) is 49.2 Å². The summed E-state index contributed by atoms with van der Waals surface area (Å²) in [6.07, 6.45) is 1.67. The molecule has 228 valence electrons. The minimum atomic E-state index is -0.684. The number of carbonyl (C=O) groups is 4. The van der Waals surface area contributed by atoms with Gasteiger partial charge < -0.3 is 10.1 Å². The van der Waals surface area contributed by atoms with Gasteiger partial charge in [0.2, 0.25) is 0 Å². The highest BCUT2D eigenvalue weighted by molar-refractivity contribution is 6.09. The molecule has 2 unspecified atom stereocenters. The van der Waals surface area contributed by atoms with E-state index in [0.29, 0.717) is 48.0 Å². The van der Waals surface area contributed by atoms with E-state index >= 15 is 0 Å². The summed E-state index contributed by atoms with van der Waals surface area (Å²) >= 11 is 0. The summed E-state index contributed by atoms with van der Waals surface area (Å²) in [4.78, 5) is 65.7. The van der Waals surface area contributed by atoms with Crippen molar-refractivity contribution < 1.29 is 23.9 Å². The average Bonchev–Trinajstić information content (AvgIpc) is 3.50. The summed E-state index contributed by atoms with van der Waals surface area (Å²) in [5.74, 6) is 0.184. The monoisotopic (exact) mass is 597 g/mol. The topological polar surface area (TPSA) is 137 Å². The molecule has 12 nitrogen and oxygen atoms in total. The van der Waals surface area contributed by atoms with Gasteiger partial charge >= 0.3 is 12.1 Å². The number of hydrogen-bond donors (Lipinski definition) is 2. The van der Waals surface area contributed by atoms with Gasteiger partial charge in [0.15, 0.2) is 6.17 Å². The Kier molecular flexibility index (Phi) is 9.48. The van der Waals surface area contributed by atoms with E-state index < -0.39 is 18.3 Å². The quantitative estimate of drug-likeness (QED) is 0.340. The number of urea groups is 1. The number of amides is 5. The van der Waals surface area contributed by atoms with E-state index in [0.717, 1.165) is 6.42 Å². The summed E-state index contributed by atoms with van der Waals surface area (Å²) in [6.45, 7) is 4.70. The van der Waals surface area contributed by atoms with Crippen molar-refractivity contribution in [1.29, 1.82) is 0 Å². The van der Waals surface area contributed by atoms with E-state index in [2.05, 4.69) is 15.6 Å². The van der Waals surface area contributed by atoms with Crippen molar-refractivity contribution in [2.24, 2.45) is 4.99 Å². The van der Waals surface area contributed by atoms with E-state index in [4.69, 9.17) is 9.73 Å². The molecular formula is C32H35N7O5. The number of amidine groups is 1. The maximum absolute atomic E-state index is 13.5. The van der Waals surface area contributed by atoms with Gasteiger partial charge in [0.1, 0.15) is 24.3 Å². The second-order valence-electron chi connectivity index (χ2n) is 10.3. The Morgan fingerprint density at radius 2 is 1.66 bits per heavy atom. The summed E-state index contributed by atoms with van der Waals surface area (Å²) < 4.78 is 5.35. The second-order valence-corrected chi connectivity index (χ2v) is 10.3. The standard InChI is InChI=1S/C32H35N7O5/c1-3-17-38-28-26(30(41)39(18-4-2)32(38)43)35-27(36-28)23-15-16-25(33-21-23)37(29(40)22-11-7-5-8-12-22)19-20-44-31(42)34-24-13-9-6-10-14-24/h5-16,21,26,28H,3-4,17-20H2,1-2H3,(H,34,42)(H,35,36). The van der Waals surface area contributed by atoms with Crippen LogP contribution in [0, 0.1) is 0 Å². The molecule has 1 fully saturated rings. The van der Waals surface area contributed by atoms with Gasteiger partial charge in [-0.1, -0.05) is 50.2 Å². The van der Waals surface area contributed by atoms with Crippen LogP contribution in [0.25, 0.3) is 0 Å². The first-order valence-electron chi connectivity index (χ1n) is 14.7. The first-order chi connectivity index (χ1) is 21.4. The number of pyridine rings is 1. The molecule has 0 spiro atoms. The second kappa shape index (κ2) is 13.8. The molecular weight excluding hydrogens is 562 g/mol. The fourth-order valence-electron chi connectivity index (χ4n) is 5.14. The fraction of sp³-hybridized carbons (Fsp3) is 0.312. The van der Waals surface area contributed by atoms with Gasteiger partial charge in [-0.15, -0.1) is 0 Å². The highest BCUT2D eigenvalue weighted by Crippen LogP contribution is 2.25. The highest BCUT2D eigenvalue weighted by atomic mass is 16.5. The third-order valence-corrected chi connectivity index (χ3v) is 7.22. The molecule has 44 heavy (non-hydrogen) atoms. The lowest BCUT2D eigenvalue weighted by molar-refractivity contribution is -0.134. The Bertz CT molecular complexity index is 1510. The van der Waals surface area contributed by atoms with Gasteiger partial charge in [-0.2, -0.15) is 0 Å². The third-order valence-electron chi connectivity index (χ3n) is 7.22. The Labute approximate surface area is 255 Å². The number of imide groups is 1. The van der Waals surface area contributed by atoms with Crippen LogP contribution in [0.4, 0.5) is 21.1 Å². The lowest BCUT2D eigenvalue weighted by Crippen LogP contribution is -2.65. The Morgan fingerprint density at radius 1 is 0.955 bits per heavy atom. The largest absolute Gasteiger partial charge is 0.447 e. The van der Waals surface area contributed by atoms with Crippen LogP contribution in [0.2, 0.25) is 0 Å². The molecule has 2 aliphatic heterocycles. The molecule has 0 aliphatic carbocycles. The number of anilines is 2. The molecule has 0 saturated carbocycles. The lowest BCUT2D eigenvalue weighted by Gasteiger charge is -2.40. The van der Waals surface area contributed by atoms with Gasteiger partial charge in [-0.25, -0.2) is 19.6 Å². The van der Waals surface area contributed by atoms with Crippen molar-refractivity contribution in [3.8, 4) is 0 Å². The van der Waals surface area contributed by atoms with Crippen LogP contribution < -0.4 is 15.5 Å². The maximum Gasteiger partial charge on any atom is 0.411 e. The molecule has 12 heteroatoms. The predicted molar refractivity (Wildman–Crippen MR) is 165 cm³/mol. The number of ether oxygens (including phenoxy) is 1. The summed E-state index contributed by atoms with van der Waals surface area (Å²) in [7, 11) is 0. The number of fused-ring (bicyclic) bond motifs is 1. The van der Waals surface area contributed by atoms with Gasteiger partial charge in [0.05, 0.1) is 6.54 Å². The number of para-hydroxylation sites is 1. The number of nitrogens with zero attached hydrogens (tertiary/aromatic N) is 5. The first kappa shape index (κ1) is 30.2. The Morgan fingerprint density at radius 3 is 2.32 bits per heavy atom. The van der Waals surface area contributed by atoms with Crippen molar-refractivity contribution in [2.75, 3.05) is 36.5 Å². The molecule has 0 radical (unpaired) electrons. The van der Waals surface area contributed by atoms with Crippen LogP contribution in [0.15, 0.2) is 84.0 Å². The number of hydrogen-bond acceptors (Lipinski definition) is 8. The van der Waals surface area contributed by atoms with Crippen molar-refractivity contribution in [3.05, 3.63) is 90.1 Å². The molecule has 5 amide bonds. The van der Waals surface area contributed by atoms with Gasteiger partial charge in [0, 0.05) is 36.1 Å². The number of aromatic nitrogens is 1. The van der Waals surface area contributed by atoms with Crippen molar-refractivity contribution in [2.45, 2.75) is 38.9 Å². The molecule has 2 aliphatic rings. The molecule has 2 aromatic carbocycles. The number of nitrogens with one attached hydrogen (secondary N) is 2. The van der Waals surface area contributed by atoms with Crippen LogP contribution in [0.5, 0.6) is 0 Å². The molecule has 2 N–H and O–H groups in total. The van der Waals surface area contributed by atoms with Crippen LogP contribution >= 0.6 is 0 Å². The van der Waals surface area contributed by atoms with E-state index in [-0.39, 0.29) is 31.0 Å². The van der Waals surface area contributed by atoms with E-state index in [9.17, 15) is 19.2 Å². The molecule has 1 aromatic heterocycles. The van der Waals surface area contributed by atoms with E-state index in [1.807, 2.05) is 26.0 Å². The molecule has 5 rings (SSSR count). The predicted octanol–water partition coefficient (Wildman–Crippen LogP) is 4.11. The van der Waals surface area contributed by atoms with E-state index in [1.165, 1.54) is 9.80 Å². The Hall–Kier alpha value is -5.26. The highest BCUT2D eigenvalue weighted by Gasteiger charge is 2.49. The average molecular weight is 598 g/mol. The zero-order valence-corrected chi connectivity index (χ0v) is 24.7. The number of carbonyl (C=O) groups excluding carboxylic acids is 4. The molecule has 1 saturated heterocycles. The SMILES string of the molecule is CCCN1C(=O)C2NC(c3ccc(N(CCOC(=O)Nc4ccccc4)C(=O)c4ccccc4)nc3)=NC2N(CCC)C1=O. The van der Waals surface area contributed by atoms with Gasteiger partial charge in [0.25, 0.3) is 11.8 Å². The number of benzene rings is 2. The fourth-order valence-corrected chi connectivity index (χ4v) is 5.14. The third kappa shape index (κ3) is 6.54. The lowest BCUT2D eigenvalue weighted by atomic mass is 10.1. The summed E-state index contributed by atoms with van der Waals surface area (Å²) in [6, 6.07) is 20.1. The molecule has 0 bridgehead atoms. The normalized spacial score (nSPS) is 17.5. The minimum absolute atomic E-state index is 0.0570. The molecule has 3 heterocycles. The van der Waals surface area contributed by atoms with Crippen molar-refractivity contribution in [1.82, 2.24) is 20.1 Å². The maximum atomic E-state index is 13.5. The zero-order chi connectivity index (χ0) is 31.1. The van der Waals surface area contributed by atoms with Gasteiger partial charge in [-0.3, -0.25) is 29.6 Å². The first-order valence-corrected chi connectivity index (χ1v) is 14.7. The Balaban J connectivity index is 1.32. The van der Waals surface area contributed by atoms with Crippen molar-refractivity contribution in [3.63, 3.8) is 0 Å².